The van der Waals surface area contributed by atoms with Gasteiger partial charge in [0, 0.05) is 32.6 Å². The van der Waals surface area contributed by atoms with Gasteiger partial charge >= 0.3 is 6.09 Å². The van der Waals surface area contributed by atoms with Crippen molar-refractivity contribution in [3.8, 4) is 5.75 Å². The molecule has 9 nitrogen and oxygen atoms in total. The third-order valence-electron chi connectivity index (χ3n) is 10.0. The summed E-state index contributed by atoms with van der Waals surface area (Å²) in [7, 11) is 1.61. The van der Waals surface area contributed by atoms with Crippen LogP contribution in [0.2, 0.25) is 0 Å². The Morgan fingerprint density at radius 3 is 1.98 bits per heavy atom. The molecule has 6 aromatic rings. The fourth-order valence-corrected chi connectivity index (χ4v) is 8.41. The van der Waals surface area contributed by atoms with Crippen LogP contribution < -0.4 is 10.1 Å². The van der Waals surface area contributed by atoms with Crippen molar-refractivity contribution in [2.45, 2.75) is 37.2 Å². The molecule has 1 saturated carbocycles. The van der Waals surface area contributed by atoms with Gasteiger partial charge in [-0.25, -0.2) is 4.79 Å². The Kier molecular flexibility index (Phi) is 4.19. The van der Waals surface area contributed by atoms with Gasteiger partial charge in [-0.05, 0) is 36.2 Å². The molecule has 0 radical (unpaired) electrons. The molecule has 4 aromatic carbocycles. The van der Waals surface area contributed by atoms with Crippen LogP contribution in [0, 0.1) is 0 Å². The molecular weight excluding hydrogens is 544 g/mol. The van der Waals surface area contributed by atoms with Gasteiger partial charge in [0.15, 0.2) is 0 Å². The van der Waals surface area contributed by atoms with Gasteiger partial charge in [0.05, 0.1) is 53.9 Å². The summed E-state index contributed by atoms with van der Waals surface area (Å²) in [5.41, 5.74) is 5.55. The van der Waals surface area contributed by atoms with Gasteiger partial charge in [0.1, 0.15) is 11.9 Å². The number of amides is 3. The first-order valence-electron chi connectivity index (χ1n) is 14.5. The average Bonchev–Trinajstić information content (AvgIpc) is 3.78. The number of fused-ring (bicyclic) bond motifs is 11. The van der Waals surface area contributed by atoms with Crippen molar-refractivity contribution < 1.29 is 23.9 Å². The van der Waals surface area contributed by atoms with Crippen molar-refractivity contribution in [2.24, 2.45) is 0 Å². The van der Waals surface area contributed by atoms with E-state index in [0.29, 0.717) is 16.9 Å². The number of rotatable bonds is 3. The van der Waals surface area contributed by atoms with Gasteiger partial charge in [-0.3, -0.25) is 14.5 Å². The fourth-order valence-electron chi connectivity index (χ4n) is 8.41. The number of nitrogens with zero attached hydrogens (tertiary/aromatic N) is 3. The van der Waals surface area contributed by atoms with E-state index >= 15 is 0 Å². The molecule has 1 aliphatic carbocycles. The van der Waals surface area contributed by atoms with Crippen molar-refractivity contribution >= 4 is 61.5 Å². The Hall–Kier alpha value is -5.31. The quantitative estimate of drug-likeness (QED) is 0.277. The molecule has 2 fully saturated rings. The third-order valence-corrected chi connectivity index (χ3v) is 10.0. The summed E-state index contributed by atoms with van der Waals surface area (Å²) in [6.07, 6.45) is -0.00161. The molecule has 3 aliphatic heterocycles. The summed E-state index contributed by atoms with van der Waals surface area (Å²) in [5.74, 6) is 0.130. The highest BCUT2D eigenvalue weighted by molar-refractivity contribution is 6.39. The standard InChI is InChI=1S/C34H24N4O5/c1-42-17-12-10-16(11-13-17)15-36-32(39)26-24-18-6-2-4-8-20(18)37-22-14-23(31-28(22)35-34(41)43-31)38-21-9-5-3-7-19(21)25(27(26)33(36)40)30(38)29(24)37/h2-13,22-23,28,31H,14-15H2,1H3,(H,35,41)/t22?,23?,28-,31+/m0/s1. The number of methoxy groups -OCH3 is 1. The average molecular weight is 569 g/mol. The van der Waals surface area contributed by atoms with Crippen molar-refractivity contribution in [1.82, 2.24) is 19.4 Å². The molecule has 2 aromatic heterocycles. The second-order valence-electron chi connectivity index (χ2n) is 11.9. The van der Waals surface area contributed by atoms with E-state index in [1.54, 1.807) is 7.11 Å². The monoisotopic (exact) mass is 568 g/mol. The Morgan fingerprint density at radius 1 is 0.791 bits per heavy atom. The molecular formula is C34H24N4O5. The van der Waals surface area contributed by atoms with E-state index in [4.69, 9.17) is 9.47 Å². The Labute approximate surface area is 244 Å². The maximum absolute atomic E-state index is 14.5. The van der Waals surface area contributed by atoms with E-state index in [0.717, 1.165) is 55.6 Å². The summed E-state index contributed by atoms with van der Waals surface area (Å²) in [6, 6.07) is 23.2. The molecule has 4 aliphatic rings. The zero-order valence-electron chi connectivity index (χ0n) is 23.0. The van der Waals surface area contributed by atoms with E-state index in [1.165, 1.54) is 4.90 Å². The molecule has 210 valence electrons. The van der Waals surface area contributed by atoms with Gasteiger partial charge in [-0.15, -0.1) is 0 Å². The molecule has 1 N–H and O–H groups in total. The van der Waals surface area contributed by atoms with Crippen molar-refractivity contribution in [3.63, 3.8) is 0 Å². The summed E-state index contributed by atoms with van der Waals surface area (Å²) >= 11 is 0. The smallest absolute Gasteiger partial charge is 0.407 e. The number of carbonyl (C=O) groups excluding carboxylic acids is 3. The van der Waals surface area contributed by atoms with Gasteiger partial charge in [0.2, 0.25) is 0 Å². The molecule has 3 amide bonds. The SMILES string of the molecule is COc1ccc(CN2C(=O)c3c(c4c5ccccc5n5c4c4c3c3ccccc3n4C3CC5[C@@H]4NC(=O)O[C@H]34)C2=O)cc1. The summed E-state index contributed by atoms with van der Waals surface area (Å²) < 4.78 is 15.8. The lowest BCUT2D eigenvalue weighted by Gasteiger charge is -2.23. The van der Waals surface area contributed by atoms with Crippen LogP contribution in [-0.2, 0) is 11.3 Å². The molecule has 10 rings (SSSR count). The van der Waals surface area contributed by atoms with Crippen molar-refractivity contribution in [3.05, 3.63) is 89.5 Å². The predicted molar refractivity (Wildman–Crippen MR) is 160 cm³/mol. The number of aromatic nitrogens is 2. The molecule has 4 atom stereocenters. The molecule has 1 saturated heterocycles. The zero-order valence-corrected chi connectivity index (χ0v) is 23.0. The highest BCUT2D eigenvalue weighted by Crippen LogP contribution is 2.55. The molecule has 0 spiro atoms. The van der Waals surface area contributed by atoms with E-state index < -0.39 is 6.09 Å². The van der Waals surface area contributed by atoms with Gasteiger partial charge in [-0.1, -0.05) is 48.5 Å². The van der Waals surface area contributed by atoms with Crippen LogP contribution in [0.3, 0.4) is 0 Å². The predicted octanol–water partition coefficient (Wildman–Crippen LogP) is 5.68. The van der Waals surface area contributed by atoms with Crippen molar-refractivity contribution in [1.29, 1.82) is 0 Å². The number of hydrogen-bond acceptors (Lipinski definition) is 5. The van der Waals surface area contributed by atoms with Gasteiger partial charge in [0.25, 0.3) is 11.8 Å². The van der Waals surface area contributed by atoms with Crippen molar-refractivity contribution in [2.75, 3.05) is 7.11 Å². The number of carbonyl (C=O) groups is 3. The summed E-state index contributed by atoms with van der Waals surface area (Å²) in [4.78, 5) is 42.9. The van der Waals surface area contributed by atoms with Crippen LogP contribution in [0.15, 0.2) is 72.8 Å². The lowest BCUT2D eigenvalue weighted by molar-refractivity contribution is 0.0643. The number of ether oxygens (including phenoxy) is 2. The molecule has 9 heteroatoms. The largest absolute Gasteiger partial charge is 0.497 e. The lowest BCUT2D eigenvalue weighted by Crippen LogP contribution is -2.36. The maximum Gasteiger partial charge on any atom is 0.407 e. The first-order valence-corrected chi connectivity index (χ1v) is 14.5. The second kappa shape index (κ2) is 7.74. The highest BCUT2D eigenvalue weighted by atomic mass is 16.6. The normalized spacial score (nSPS) is 23.5. The van der Waals surface area contributed by atoms with Crippen LogP contribution in [0.25, 0.3) is 43.6 Å². The van der Waals surface area contributed by atoms with Gasteiger partial charge in [-0.2, -0.15) is 0 Å². The minimum Gasteiger partial charge on any atom is -0.497 e. The number of alkyl carbamates (subject to hydrolysis) is 1. The van der Waals surface area contributed by atoms with Crippen LogP contribution >= 0.6 is 0 Å². The van der Waals surface area contributed by atoms with Gasteiger partial charge < -0.3 is 23.9 Å². The Bertz CT molecular complexity index is 2150. The number of hydrogen-bond donors (Lipinski definition) is 1. The summed E-state index contributed by atoms with van der Waals surface area (Å²) in [5, 5.41) is 6.52. The van der Waals surface area contributed by atoms with Crippen LogP contribution in [0.4, 0.5) is 4.79 Å². The zero-order chi connectivity index (χ0) is 28.7. The second-order valence-corrected chi connectivity index (χ2v) is 11.9. The highest BCUT2D eigenvalue weighted by Gasteiger charge is 2.55. The Balaban J connectivity index is 1.34. The van der Waals surface area contributed by atoms with E-state index in [-0.39, 0.29) is 42.6 Å². The van der Waals surface area contributed by atoms with Crippen LogP contribution in [0.5, 0.6) is 5.75 Å². The molecule has 2 bridgehead atoms. The third kappa shape index (κ3) is 2.67. The van der Waals surface area contributed by atoms with E-state index in [9.17, 15) is 14.4 Å². The number of benzene rings is 4. The topological polar surface area (TPSA) is 94.8 Å². The number of imide groups is 1. The first-order chi connectivity index (χ1) is 21.0. The Morgan fingerprint density at radius 2 is 1.37 bits per heavy atom. The maximum atomic E-state index is 14.5. The molecule has 2 unspecified atom stereocenters. The molecule has 5 heterocycles. The first kappa shape index (κ1) is 23.3. The molecule has 43 heavy (non-hydrogen) atoms. The summed E-state index contributed by atoms with van der Waals surface area (Å²) in [6.45, 7) is 0.159. The van der Waals surface area contributed by atoms with Crippen LogP contribution in [0.1, 0.15) is 44.8 Å². The van der Waals surface area contributed by atoms with E-state index in [2.05, 4.69) is 26.6 Å². The van der Waals surface area contributed by atoms with E-state index in [1.807, 2.05) is 60.7 Å². The number of nitrogens with one attached hydrogen (secondary N) is 1. The van der Waals surface area contributed by atoms with Crippen LogP contribution in [-0.4, -0.2) is 51.2 Å². The lowest BCUT2D eigenvalue weighted by atomic mass is 9.96. The minimum atomic E-state index is -0.405. The number of para-hydroxylation sites is 2. The minimum absolute atomic E-state index is 0.0774. The fraction of sp³-hybridized carbons (Fsp3) is 0.206.